The van der Waals surface area contributed by atoms with Gasteiger partial charge >= 0.3 is 41.0 Å². The van der Waals surface area contributed by atoms with E-state index in [0.29, 0.717) is 24.0 Å². The molecular weight excluding hydrogens is 566 g/mol. The number of hydrogen-bond donors (Lipinski definition) is 1. The van der Waals surface area contributed by atoms with Gasteiger partial charge in [0.05, 0.1) is 4.75 Å². The van der Waals surface area contributed by atoms with Gasteiger partial charge in [-0.1, -0.05) is 33.1 Å². The Bertz CT molecular complexity index is 1170. The van der Waals surface area contributed by atoms with Crippen LogP contribution < -0.4 is 4.72 Å². The molecular formula is C18H29F6N2O7S3+. The van der Waals surface area contributed by atoms with Gasteiger partial charge in [-0.2, -0.15) is 34.8 Å². The molecule has 1 N–H and O–H groups in total. The summed E-state index contributed by atoms with van der Waals surface area (Å²) in [5.74, 6) is -10.2. The highest BCUT2D eigenvalue weighted by atomic mass is 32.3. The van der Waals surface area contributed by atoms with Gasteiger partial charge in [0.15, 0.2) is 0 Å². The van der Waals surface area contributed by atoms with Gasteiger partial charge in [-0.3, -0.25) is 4.79 Å². The van der Waals surface area contributed by atoms with E-state index < -0.39 is 67.4 Å². The smallest absolute Gasteiger partial charge is 0.274 e. The lowest BCUT2D eigenvalue weighted by molar-refractivity contribution is -0.244. The molecule has 0 saturated heterocycles. The molecule has 0 spiro atoms. The van der Waals surface area contributed by atoms with Crippen LogP contribution in [0.2, 0.25) is 0 Å². The van der Waals surface area contributed by atoms with Crippen molar-refractivity contribution in [2.75, 3.05) is 0 Å². The van der Waals surface area contributed by atoms with E-state index >= 15 is 0 Å². The van der Waals surface area contributed by atoms with Crippen LogP contribution in [0.3, 0.4) is 0 Å². The summed E-state index contributed by atoms with van der Waals surface area (Å²) in [4.78, 5) is 14.3. The average molecular weight is 596 g/mol. The second-order valence-corrected chi connectivity index (χ2v) is 15.7. The van der Waals surface area contributed by atoms with E-state index in [1.54, 1.807) is 6.92 Å². The summed E-state index contributed by atoms with van der Waals surface area (Å²) in [6, 6.07) is 0. The number of nitrogens with one attached hydrogen (secondary N) is 1. The van der Waals surface area contributed by atoms with E-state index in [2.05, 4.69) is 11.4 Å². The predicted octanol–water partition coefficient (Wildman–Crippen LogP) is 3.73. The molecule has 18 heteroatoms. The average Bonchev–Trinajstić information content (AvgIpc) is 2.69. The number of nitrogens with zero attached hydrogens (tertiary/aromatic N) is 1. The van der Waals surface area contributed by atoms with Crippen molar-refractivity contribution >= 4 is 35.6 Å². The normalized spacial score (nSPS) is 16.2. The molecule has 0 aliphatic rings. The zero-order valence-electron chi connectivity index (χ0n) is 20.1. The van der Waals surface area contributed by atoms with Gasteiger partial charge in [-0.25, -0.2) is 21.6 Å². The molecule has 0 saturated carbocycles. The molecule has 0 aliphatic heterocycles. The highest BCUT2D eigenvalue weighted by molar-refractivity contribution is 8.10. The zero-order chi connectivity index (χ0) is 29.2. The largest absolute Gasteiger partial charge is 0.471 e. The molecule has 2 unspecified atom stereocenters. The van der Waals surface area contributed by atoms with Crippen LogP contribution in [0.1, 0.15) is 66.7 Å². The number of alkyl halides is 6. The van der Waals surface area contributed by atoms with Crippen LogP contribution in [0.5, 0.6) is 0 Å². The van der Waals surface area contributed by atoms with Crippen LogP contribution in [0, 0.1) is 12.5 Å². The summed E-state index contributed by atoms with van der Waals surface area (Å²) in [7, 11) is -19.7. The second-order valence-electron chi connectivity index (χ2n) is 8.84. The number of halogens is 6. The van der Waals surface area contributed by atoms with Gasteiger partial charge in [0.1, 0.15) is 0 Å². The minimum atomic E-state index is -7.29. The van der Waals surface area contributed by atoms with E-state index in [1.165, 1.54) is 6.92 Å². The Morgan fingerprint density at radius 2 is 1.33 bits per heavy atom. The minimum Gasteiger partial charge on any atom is -0.274 e. The van der Waals surface area contributed by atoms with E-state index in [0.717, 1.165) is 20.8 Å². The molecule has 0 radical (unpaired) electrons. The molecule has 0 aromatic heterocycles. The number of sulfone groups is 2. The molecule has 0 aromatic carbocycles. The van der Waals surface area contributed by atoms with Gasteiger partial charge in [0.25, 0.3) is 16.4 Å². The zero-order valence-corrected chi connectivity index (χ0v) is 22.5. The van der Waals surface area contributed by atoms with Crippen LogP contribution >= 0.6 is 0 Å². The van der Waals surface area contributed by atoms with Crippen molar-refractivity contribution in [3.63, 3.8) is 0 Å². The maximum Gasteiger partial charge on any atom is 0.471 e. The molecule has 0 heterocycles. The molecule has 2 atom stereocenters. The first-order valence-corrected chi connectivity index (χ1v) is 15.0. The Kier molecular flexibility index (Phi) is 10.5. The van der Waals surface area contributed by atoms with Gasteiger partial charge in [0, 0.05) is 5.92 Å². The van der Waals surface area contributed by atoms with Crippen LogP contribution in [0.25, 0.3) is 4.85 Å². The van der Waals surface area contributed by atoms with Crippen LogP contribution in [0.15, 0.2) is 0 Å². The fourth-order valence-corrected chi connectivity index (χ4v) is 8.03. The lowest BCUT2D eigenvalue weighted by Crippen LogP contribution is -2.65. The highest BCUT2D eigenvalue weighted by Crippen LogP contribution is 2.52. The minimum absolute atomic E-state index is 0.0391. The lowest BCUT2D eigenvalue weighted by atomic mass is 9.98. The highest BCUT2D eigenvalue weighted by Gasteiger charge is 2.85. The standard InChI is InChI=1S/C18H28F6N2O7S3/c1-7-9-10-11-12(8-2)13(27)26-36(32,33)18(23,24)16(19,20)17(21,22)35(30,31)14(25-6)34(28,29)15(3,4)5/h6,12,14H,7-11H2,1-5H3/p+1. The van der Waals surface area contributed by atoms with Crippen molar-refractivity contribution in [3.8, 4) is 6.57 Å². The van der Waals surface area contributed by atoms with Crippen molar-refractivity contribution in [1.82, 2.24) is 4.72 Å². The van der Waals surface area contributed by atoms with Crippen molar-refractivity contribution in [1.29, 1.82) is 0 Å². The summed E-state index contributed by atoms with van der Waals surface area (Å²) >= 11 is 0. The molecule has 0 aromatic rings. The van der Waals surface area contributed by atoms with Crippen molar-refractivity contribution in [2.24, 2.45) is 5.92 Å². The number of carbonyl (C=O) groups is 1. The van der Waals surface area contributed by atoms with Gasteiger partial charge in [-0.15, -0.1) is 0 Å². The van der Waals surface area contributed by atoms with Gasteiger partial charge in [0.2, 0.25) is 5.91 Å². The Balaban J connectivity index is 6.56. The van der Waals surface area contributed by atoms with Crippen molar-refractivity contribution < 1.29 is 56.4 Å². The maximum atomic E-state index is 14.6. The molecule has 0 bridgehead atoms. The van der Waals surface area contributed by atoms with E-state index in [9.17, 15) is 56.4 Å². The third-order valence-corrected chi connectivity index (χ3v) is 12.1. The van der Waals surface area contributed by atoms with Crippen LogP contribution in [-0.2, 0) is 34.5 Å². The van der Waals surface area contributed by atoms with Crippen LogP contribution in [0.4, 0.5) is 26.3 Å². The first kappa shape index (κ1) is 34.4. The summed E-state index contributed by atoms with van der Waals surface area (Å²) in [6.45, 7) is 9.96. The summed E-state index contributed by atoms with van der Waals surface area (Å²) < 4.78 is 154. The monoisotopic (exact) mass is 595 g/mol. The topological polar surface area (TPSA) is 136 Å². The predicted molar refractivity (Wildman–Crippen MR) is 120 cm³/mol. The van der Waals surface area contributed by atoms with E-state index in [1.807, 2.05) is 0 Å². The first-order chi connectivity index (χ1) is 15.8. The molecule has 9 nitrogen and oxygen atoms in total. The third-order valence-electron chi connectivity index (χ3n) is 5.19. The Morgan fingerprint density at radius 1 is 0.861 bits per heavy atom. The maximum absolute atomic E-state index is 14.6. The fourth-order valence-electron chi connectivity index (χ4n) is 2.71. The summed E-state index contributed by atoms with van der Waals surface area (Å²) in [5, 5.41) is -14.0. The molecule has 36 heavy (non-hydrogen) atoms. The number of hydrogen-bond acceptors (Lipinski definition) is 7. The number of carbonyl (C=O) groups excluding carboxylic acids is 1. The Labute approximate surface area is 206 Å². The van der Waals surface area contributed by atoms with Crippen LogP contribution in [-0.4, -0.2) is 57.0 Å². The number of amides is 1. The number of rotatable bonds is 13. The van der Waals surface area contributed by atoms with E-state index in [-0.39, 0.29) is 12.8 Å². The molecule has 212 valence electrons. The summed E-state index contributed by atoms with van der Waals surface area (Å²) in [5.41, 5.74) is 0. The van der Waals surface area contributed by atoms with Gasteiger partial charge < -0.3 is 0 Å². The second kappa shape index (κ2) is 11.0. The fraction of sp³-hybridized carbons (Fsp3) is 0.889. The molecule has 0 rings (SSSR count). The summed E-state index contributed by atoms with van der Waals surface area (Å²) in [6.07, 6.45) is 1.38. The van der Waals surface area contributed by atoms with E-state index in [4.69, 9.17) is 0 Å². The van der Waals surface area contributed by atoms with Crippen molar-refractivity contribution in [2.45, 2.75) is 92.6 Å². The van der Waals surface area contributed by atoms with Crippen molar-refractivity contribution in [3.05, 3.63) is 4.85 Å². The third kappa shape index (κ3) is 5.93. The first-order valence-electron chi connectivity index (χ1n) is 10.4. The molecule has 0 fully saturated rings. The molecule has 0 aliphatic carbocycles. The SMILES string of the molecule is C#[N+]C(S(=O)(=O)C(C)(C)C)S(=O)(=O)C(F)(F)C(F)(F)C(F)(F)S(=O)(=O)NC(=O)C(CC)CCCCC. The quantitative estimate of drug-likeness (QED) is 0.253. The number of unbranched alkanes of at least 4 members (excludes halogenated alkanes) is 2. The molecule has 1 amide bonds. The Morgan fingerprint density at radius 3 is 1.69 bits per heavy atom. The Hall–Kier alpha value is -1.61. The van der Waals surface area contributed by atoms with Gasteiger partial charge in [-0.05, 0) is 38.5 Å². The lowest BCUT2D eigenvalue weighted by Gasteiger charge is -2.32. The number of sulfonamides is 1.